The Morgan fingerprint density at radius 3 is 2.38 bits per heavy atom. The highest BCUT2D eigenvalue weighted by molar-refractivity contribution is 8.76. The van der Waals surface area contributed by atoms with E-state index in [2.05, 4.69) is 17.2 Å². The third-order valence-corrected chi connectivity index (χ3v) is 7.88. The van der Waals surface area contributed by atoms with E-state index in [4.69, 9.17) is 30.8 Å². The Hall–Kier alpha value is -1.83. The molecule has 0 amide bonds. The smallest absolute Gasteiger partial charge is 0.349 e. The maximum atomic E-state index is 12.1. The molecule has 4 heterocycles. The van der Waals surface area contributed by atoms with Gasteiger partial charge in [-0.1, -0.05) is 0 Å². The zero-order chi connectivity index (χ0) is 27.1. The molecule has 2 saturated heterocycles. The number of thiol groups is 1. The van der Waals surface area contributed by atoms with Gasteiger partial charge in [0.1, 0.15) is 37.1 Å². The molecule has 5 N–H and O–H groups in total. The van der Waals surface area contributed by atoms with Crippen LogP contribution in [0, 0.1) is 0 Å². The van der Waals surface area contributed by atoms with E-state index in [-0.39, 0.29) is 0 Å². The molecule has 1 unspecified atom stereocenters. The second kappa shape index (κ2) is 11.1. The Balaban J connectivity index is 1.42. The van der Waals surface area contributed by atoms with Crippen LogP contribution in [0.1, 0.15) is 12.5 Å². The molecule has 0 aliphatic carbocycles. The van der Waals surface area contributed by atoms with E-state index in [1.54, 1.807) is 0 Å². The first-order valence-corrected chi connectivity index (χ1v) is 14.4. The summed E-state index contributed by atoms with van der Waals surface area (Å²) in [6.45, 7) is -1.10. The minimum atomic E-state index is -3.54. The molecule has 37 heavy (non-hydrogen) atoms. The van der Waals surface area contributed by atoms with Gasteiger partial charge < -0.3 is 47.3 Å². The van der Waals surface area contributed by atoms with Gasteiger partial charge in [0.05, 0.1) is 6.61 Å². The third-order valence-electron chi connectivity index (χ3n) is 5.69. The molecular formula is C18H22N4O12PS2-. The second-order valence-corrected chi connectivity index (χ2v) is 13.3. The molecular weight excluding hydrogens is 559 g/mol. The van der Waals surface area contributed by atoms with Crippen LogP contribution in [0.5, 0.6) is 5.88 Å². The third kappa shape index (κ3) is 5.94. The SMILES string of the molecule is O=c1ccn([C@@H]2O[C@H](CO)[C@@H](O[P+]([S-])(S)OC[C@H]3O[C@@H](n4ccc([O-])nc4=O)[C@H](O)[C@@H]3O)[C@H]2O)c(=O)[nH]1. The average Bonchev–Trinajstić information content (AvgIpc) is 3.28. The molecule has 0 bridgehead atoms. The predicted molar refractivity (Wildman–Crippen MR) is 126 cm³/mol. The van der Waals surface area contributed by atoms with Gasteiger partial charge in [-0.2, -0.15) is 0 Å². The highest BCUT2D eigenvalue weighted by Crippen LogP contribution is 2.65. The number of aliphatic hydroxyl groups excluding tert-OH is 4. The molecule has 2 aromatic heterocycles. The van der Waals surface area contributed by atoms with Crippen molar-refractivity contribution in [1.29, 1.82) is 0 Å². The fourth-order valence-corrected chi connectivity index (χ4v) is 5.87. The van der Waals surface area contributed by atoms with E-state index in [1.807, 2.05) is 4.98 Å². The minimum Gasteiger partial charge on any atom is -0.858 e. The van der Waals surface area contributed by atoms with Crippen LogP contribution in [0.2, 0.25) is 0 Å². The van der Waals surface area contributed by atoms with Crippen LogP contribution in [-0.2, 0) is 30.8 Å². The highest BCUT2D eigenvalue weighted by atomic mass is 33.1. The fraction of sp³-hybridized carbons (Fsp3) is 0.556. The minimum absolute atomic E-state index is 0.465. The number of aromatic amines is 1. The van der Waals surface area contributed by atoms with Crippen LogP contribution in [0.15, 0.2) is 38.9 Å². The predicted octanol–water partition coefficient (Wildman–Crippen LogP) is -3.71. The lowest BCUT2D eigenvalue weighted by atomic mass is 10.1. The zero-order valence-corrected chi connectivity index (χ0v) is 21.1. The molecule has 204 valence electrons. The van der Waals surface area contributed by atoms with Crippen molar-refractivity contribution in [2.75, 3.05) is 13.2 Å². The first-order chi connectivity index (χ1) is 17.4. The molecule has 2 fully saturated rings. The van der Waals surface area contributed by atoms with Gasteiger partial charge in [-0.25, -0.2) is 23.6 Å². The molecule has 0 radical (unpaired) electrons. The maximum Gasteiger partial charge on any atom is 0.349 e. The van der Waals surface area contributed by atoms with Gasteiger partial charge in [0.15, 0.2) is 18.6 Å². The highest BCUT2D eigenvalue weighted by Gasteiger charge is 2.51. The van der Waals surface area contributed by atoms with E-state index in [1.165, 1.54) is 0 Å². The Bertz CT molecular complexity index is 1290. The first kappa shape index (κ1) is 28.2. The molecule has 2 aliphatic heterocycles. The quantitative estimate of drug-likeness (QED) is 0.100. The number of nitrogens with zero attached hydrogens (tertiary/aromatic N) is 3. The van der Waals surface area contributed by atoms with Crippen molar-refractivity contribution in [3.8, 4) is 5.88 Å². The van der Waals surface area contributed by atoms with Gasteiger partial charge >= 0.3 is 11.4 Å². The summed E-state index contributed by atoms with van der Waals surface area (Å²) in [6.07, 6.45) is -12.4. The monoisotopic (exact) mass is 581 g/mol. The standard InChI is InChI=1S/C18H23N4O12PS2/c23-5-7-14(13(28)16(32-7)22-4-2-10(25)20-18(22)30)34-35(36,37)31-6-8-11(26)12(27)15(33-8)21-3-1-9(24)19-17(21)29/h1-4,7-8,11-16,23,26-28H,5-6H2,(H,36,37)(H,19,24,29)(H,20,25,30)/p-1/t7-,8-,11-,12-,13-,14-,15-,16-/m1/s1. The van der Waals surface area contributed by atoms with Crippen LogP contribution in [-0.4, -0.2) is 89.4 Å². The van der Waals surface area contributed by atoms with E-state index in [0.29, 0.717) is 0 Å². The molecule has 19 heteroatoms. The van der Waals surface area contributed by atoms with Crippen molar-refractivity contribution >= 4 is 30.6 Å². The lowest BCUT2D eigenvalue weighted by molar-refractivity contribution is -0.275. The Kier molecular flexibility index (Phi) is 8.46. The van der Waals surface area contributed by atoms with Gasteiger partial charge in [0, 0.05) is 30.7 Å². The lowest BCUT2D eigenvalue weighted by Gasteiger charge is -2.29. The normalized spacial score (nSPS) is 33.5. The molecule has 16 nitrogen and oxygen atoms in total. The van der Waals surface area contributed by atoms with Crippen LogP contribution in [0.25, 0.3) is 0 Å². The summed E-state index contributed by atoms with van der Waals surface area (Å²) in [5.74, 6) is -0.783. The molecule has 0 aromatic carbocycles. The number of rotatable bonds is 8. The summed E-state index contributed by atoms with van der Waals surface area (Å²) in [6, 6.07) is 2.02. The van der Waals surface area contributed by atoms with Gasteiger partial charge in [-0.05, 0) is 11.9 Å². The van der Waals surface area contributed by atoms with Crippen molar-refractivity contribution in [2.24, 2.45) is 0 Å². The lowest BCUT2D eigenvalue weighted by Crippen LogP contribution is -2.39. The van der Waals surface area contributed by atoms with Crippen molar-refractivity contribution in [1.82, 2.24) is 19.1 Å². The van der Waals surface area contributed by atoms with Crippen LogP contribution >= 0.6 is 18.4 Å². The Morgan fingerprint density at radius 1 is 1.08 bits per heavy atom. The summed E-state index contributed by atoms with van der Waals surface area (Å²) in [4.78, 5) is 40.6. The van der Waals surface area contributed by atoms with Crippen LogP contribution < -0.4 is 22.0 Å². The second-order valence-electron chi connectivity index (χ2n) is 8.09. The largest absolute Gasteiger partial charge is 0.858 e. The van der Waals surface area contributed by atoms with Gasteiger partial charge in [0.25, 0.3) is 5.56 Å². The molecule has 4 rings (SSSR count). The molecule has 0 spiro atoms. The van der Waals surface area contributed by atoms with E-state index in [0.717, 1.165) is 33.7 Å². The maximum absolute atomic E-state index is 12.1. The number of H-pyrrole nitrogens is 1. The van der Waals surface area contributed by atoms with Crippen molar-refractivity contribution in [2.45, 2.75) is 49.1 Å². The summed E-state index contributed by atoms with van der Waals surface area (Å²) in [7, 11) is 0. The topological polar surface area (TPSA) is 231 Å². The van der Waals surface area contributed by atoms with Gasteiger partial charge in [0.2, 0.25) is 6.12 Å². The Labute approximate surface area is 217 Å². The summed E-state index contributed by atoms with van der Waals surface area (Å²) < 4.78 is 23.9. The number of hydrogen-bond acceptors (Lipinski definition) is 15. The van der Waals surface area contributed by atoms with Crippen molar-refractivity contribution in [3.05, 3.63) is 55.8 Å². The van der Waals surface area contributed by atoms with Gasteiger partial charge in [-0.3, -0.25) is 18.9 Å². The molecule has 0 saturated carbocycles. The van der Waals surface area contributed by atoms with Crippen molar-refractivity contribution in [3.63, 3.8) is 0 Å². The Morgan fingerprint density at radius 2 is 1.73 bits per heavy atom. The van der Waals surface area contributed by atoms with Crippen molar-refractivity contribution < 1.29 is 44.1 Å². The van der Waals surface area contributed by atoms with E-state index < -0.39 is 91.2 Å². The fourth-order valence-electron chi connectivity index (χ4n) is 3.89. The number of aromatic nitrogens is 4. The van der Waals surface area contributed by atoms with E-state index in [9.17, 15) is 39.9 Å². The number of hydrogen-bond donors (Lipinski definition) is 6. The number of ether oxygens (including phenoxy) is 2. The summed E-state index contributed by atoms with van der Waals surface area (Å²) in [5, 5.41) is 52.3. The molecule has 9 atom stereocenters. The molecule has 2 aromatic rings. The summed E-state index contributed by atoms with van der Waals surface area (Å²) >= 11 is 9.45. The first-order valence-electron chi connectivity index (χ1n) is 10.6. The average molecular weight is 581 g/mol. The van der Waals surface area contributed by atoms with Gasteiger partial charge in [-0.15, -0.1) is 0 Å². The number of nitrogens with one attached hydrogen (secondary N) is 1. The van der Waals surface area contributed by atoms with Crippen LogP contribution in [0.3, 0.4) is 0 Å². The van der Waals surface area contributed by atoms with Crippen LogP contribution in [0.4, 0.5) is 0 Å². The molecule has 2 aliphatic rings. The number of aliphatic hydroxyl groups is 4. The van der Waals surface area contributed by atoms with E-state index >= 15 is 0 Å². The summed E-state index contributed by atoms with van der Waals surface area (Å²) in [5.41, 5.74) is -2.52. The zero-order valence-electron chi connectivity index (χ0n) is 18.5.